The lowest BCUT2D eigenvalue weighted by molar-refractivity contribution is -0.155. The highest BCUT2D eigenvalue weighted by Crippen LogP contribution is 2.44. The van der Waals surface area contributed by atoms with Crippen LogP contribution in [-0.2, 0) is 28.8 Å². The molecule has 5 amide bonds. The van der Waals surface area contributed by atoms with Crippen molar-refractivity contribution in [2.75, 3.05) is 7.05 Å². The number of ketones is 1. The van der Waals surface area contributed by atoms with E-state index < -0.39 is 89.1 Å². The average Bonchev–Trinajstić information content (AvgIpc) is 3.64. The summed E-state index contributed by atoms with van der Waals surface area (Å²) in [6.07, 6.45) is 1.28. The lowest BCUT2D eigenvalue weighted by Gasteiger charge is -2.42. The topological polar surface area (TPSA) is 154 Å². The molecule has 242 valence electrons. The number of hydrogen-bond acceptors (Lipinski definition) is 6. The summed E-state index contributed by atoms with van der Waals surface area (Å²) in [6, 6.07) is -3.81. The molecule has 0 aromatic carbocycles. The van der Waals surface area contributed by atoms with Crippen molar-refractivity contribution in [2.24, 2.45) is 17.3 Å². The number of carbonyl (C=O) groups excluding carboxylic acids is 6. The second-order valence-corrected chi connectivity index (χ2v) is 14.2. The van der Waals surface area contributed by atoms with Crippen LogP contribution in [0.3, 0.4) is 0 Å². The molecule has 0 unspecified atom stereocenters. The van der Waals surface area contributed by atoms with E-state index in [1.807, 2.05) is 13.8 Å². The quantitative estimate of drug-likeness (QED) is 0.233. The highest BCUT2D eigenvalue weighted by atomic mass is 19.3. The van der Waals surface area contributed by atoms with Crippen LogP contribution in [0.1, 0.15) is 92.9 Å². The van der Waals surface area contributed by atoms with Gasteiger partial charge in [0.05, 0.1) is 6.04 Å². The summed E-state index contributed by atoms with van der Waals surface area (Å²) in [6.45, 7) is 10.4. The second-order valence-electron chi connectivity index (χ2n) is 14.2. The van der Waals surface area contributed by atoms with Gasteiger partial charge in [0.15, 0.2) is 0 Å². The highest BCUT2D eigenvalue weighted by Gasteiger charge is 2.52. The third-order valence-electron chi connectivity index (χ3n) is 8.39. The fourth-order valence-electron chi connectivity index (χ4n) is 5.64. The molecule has 3 fully saturated rings. The van der Waals surface area contributed by atoms with Crippen molar-refractivity contribution in [1.29, 1.82) is 0 Å². The van der Waals surface area contributed by atoms with Crippen LogP contribution in [0.15, 0.2) is 0 Å². The van der Waals surface area contributed by atoms with Gasteiger partial charge in [-0.15, -0.1) is 0 Å². The Kier molecular flexibility index (Phi) is 10.3. The molecule has 2 aliphatic carbocycles. The van der Waals surface area contributed by atoms with Crippen molar-refractivity contribution >= 4 is 35.3 Å². The zero-order valence-electron chi connectivity index (χ0n) is 26.3. The Labute approximate surface area is 252 Å². The summed E-state index contributed by atoms with van der Waals surface area (Å²) in [7, 11) is 1.36. The van der Waals surface area contributed by atoms with Crippen molar-refractivity contribution in [1.82, 2.24) is 26.2 Å². The van der Waals surface area contributed by atoms with Crippen LogP contribution in [0.25, 0.3) is 0 Å². The molecular formula is C30H47F2N5O6. The first-order chi connectivity index (χ1) is 19.7. The first-order valence-corrected chi connectivity index (χ1v) is 15.2. The van der Waals surface area contributed by atoms with Gasteiger partial charge < -0.3 is 26.2 Å². The summed E-state index contributed by atoms with van der Waals surface area (Å²) in [5, 5.41) is 10.7. The normalized spacial score (nSPS) is 23.2. The molecule has 0 aromatic rings. The van der Waals surface area contributed by atoms with E-state index in [0.717, 1.165) is 17.7 Å². The largest absolute Gasteiger partial charge is 0.351 e. The molecule has 0 aromatic heterocycles. The molecule has 0 radical (unpaired) electrons. The third kappa shape index (κ3) is 8.95. The van der Waals surface area contributed by atoms with Crippen molar-refractivity contribution in [2.45, 2.75) is 129 Å². The number of nitrogens with one attached hydrogen (secondary N) is 4. The minimum Gasteiger partial charge on any atom is -0.351 e. The van der Waals surface area contributed by atoms with Gasteiger partial charge >= 0.3 is 0 Å². The molecule has 0 spiro atoms. The van der Waals surface area contributed by atoms with Gasteiger partial charge in [-0.25, -0.2) is 8.78 Å². The van der Waals surface area contributed by atoms with Crippen molar-refractivity contribution in [3.05, 3.63) is 0 Å². The van der Waals surface area contributed by atoms with Crippen LogP contribution in [0.5, 0.6) is 0 Å². The molecule has 4 atom stereocenters. The van der Waals surface area contributed by atoms with Gasteiger partial charge in [0.1, 0.15) is 12.1 Å². The van der Waals surface area contributed by atoms with E-state index in [4.69, 9.17) is 0 Å². The number of alkyl halides is 2. The smallest absolute Gasteiger partial charge is 0.289 e. The summed E-state index contributed by atoms with van der Waals surface area (Å²) < 4.78 is 27.6. The number of nitrogens with zero attached hydrogens (tertiary/aromatic N) is 1. The number of rotatable bonds is 13. The maximum absolute atomic E-state index is 13.8. The zero-order valence-corrected chi connectivity index (χ0v) is 26.3. The van der Waals surface area contributed by atoms with E-state index in [2.05, 4.69) is 21.3 Å². The number of amides is 5. The minimum atomic E-state index is -2.94. The van der Waals surface area contributed by atoms with Crippen LogP contribution in [0.2, 0.25) is 0 Å². The molecule has 43 heavy (non-hydrogen) atoms. The molecule has 3 aliphatic rings. The van der Waals surface area contributed by atoms with E-state index >= 15 is 0 Å². The van der Waals surface area contributed by atoms with Crippen molar-refractivity contribution in [3.63, 3.8) is 0 Å². The maximum Gasteiger partial charge on any atom is 0.289 e. The lowest BCUT2D eigenvalue weighted by atomic mass is 9.75. The van der Waals surface area contributed by atoms with Gasteiger partial charge in [-0.05, 0) is 51.9 Å². The van der Waals surface area contributed by atoms with Gasteiger partial charge in [-0.1, -0.05) is 34.1 Å². The van der Waals surface area contributed by atoms with Crippen LogP contribution >= 0.6 is 0 Å². The molecule has 13 heteroatoms. The Bertz CT molecular complexity index is 1120. The van der Waals surface area contributed by atoms with E-state index in [1.165, 1.54) is 7.05 Å². The van der Waals surface area contributed by atoms with Crippen molar-refractivity contribution < 1.29 is 37.5 Å². The van der Waals surface area contributed by atoms with Crippen LogP contribution in [-0.4, -0.2) is 82.9 Å². The van der Waals surface area contributed by atoms with Crippen molar-refractivity contribution in [3.8, 4) is 0 Å². The number of hydrogen-bond donors (Lipinski definition) is 4. The Hall–Kier alpha value is -3.12. The first kappa shape index (κ1) is 34.4. The van der Waals surface area contributed by atoms with Crippen LogP contribution in [0, 0.1) is 17.3 Å². The van der Waals surface area contributed by atoms with Crippen LogP contribution in [0.4, 0.5) is 8.78 Å². The number of halogens is 2. The Morgan fingerprint density at radius 2 is 1.65 bits per heavy atom. The SMILES string of the molecule is CCC[C@@H](C(=O)N[C@@H](C[C@@H]1CC(C)(C)NC1=O)C(=O)C(=O)NC1CC1)N(C)C(=O)[C@H](NC(=O)C(C)(C)C)C1CC(F)(F)C1. The van der Waals surface area contributed by atoms with Gasteiger partial charge in [0, 0.05) is 42.8 Å². The molecule has 11 nitrogen and oxygen atoms in total. The average molecular weight is 612 g/mol. The number of carbonyl (C=O) groups is 6. The van der Waals surface area contributed by atoms with E-state index in [-0.39, 0.29) is 24.8 Å². The fraction of sp³-hybridized carbons (Fsp3) is 0.800. The molecule has 1 heterocycles. The standard InChI is InChI=1S/C30H47F2N5O6/c1-8-9-20(37(7)26(42)21(17-14-30(31,32)15-17)35-27(43)28(2,3)4)24(40)34-19(22(38)25(41)33-18-10-11-18)12-16-13-29(5,6)36-23(16)39/h16-21H,8-15H2,1-7H3,(H,33,41)(H,34,40)(H,35,43)(H,36,39)/t16-,19+,20+,21-/m1/s1. The Morgan fingerprint density at radius 3 is 2.12 bits per heavy atom. The zero-order chi connectivity index (χ0) is 32.5. The molecular weight excluding hydrogens is 564 g/mol. The van der Waals surface area contributed by atoms with E-state index in [9.17, 15) is 37.5 Å². The third-order valence-corrected chi connectivity index (χ3v) is 8.39. The van der Waals surface area contributed by atoms with Gasteiger partial charge in [0.25, 0.3) is 5.91 Å². The van der Waals surface area contributed by atoms with Gasteiger partial charge in [-0.3, -0.25) is 28.8 Å². The molecule has 3 rings (SSSR count). The predicted octanol–water partition coefficient (Wildman–Crippen LogP) is 1.83. The summed E-state index contributed by atoms with van der Waals surface area (Å²) >= 11 is 0. The molecule has 4 N–H and O–H groups in total. The number of Topliss-reactive ketones (excluding diaryl/α,β-unsaturated/α-hetero) is 1. The summed E-state index contributed by atoms with van der Waals surface area (Å²) in [4.78, 5) is 79.9. The monoisotopic (exact) mass is 611 g/mol. The van der Waals surface area contributed by atoms with E-state index in [1.54, 1.807) is 27.7 Å². The Balaban J connectivity index is 1.82. The second kappa shape index (κ2) is 12.9. The minimum absolute atomic E-state index is 0.0998. The lowest BCUT2D eigenvalue weighted by Crippen LogP contribution is -2.61. The summed E-state index contributed by atoms with van der Waals surface area (Å²) in [5.41, 5.74) is -1.41. The number of likely N-dealkylation sites (N-methyl/N-ethyl adjacent to an activating group) is 1. The highest BCUT2D eigenvalue weighted by molar-refractivity contribution is 6.38. The summed E-state index contributed by atoms with van der Waals surface area (Å²) in [5.74, 6) is -8.30. The van der Waals surface area contributed by atoms with Gasteiger partial charge in [0.2, 0.25) is 35.3 Å². The predicted molar refractivity (Wildman–Crippen MR) is 154 cm³/mol. The first-order valence-electron chi connectivity index (χ1n) is 15.2. The van der Waals surface area contributed by atoms with Gasteiger partial charge in [-0.2, -0.15) is 0 Å². The Morgan fingerprint density at radius 1 is 1.05 bits per heavy atom. The molecule has 1 saturated heterocycles. The molecule has 2 saturated carbocycles. The van der Waals surface area contributed by atoms with Crippen LogP contribution < -0.4 is 21.3 Å². The maximum atomic E-state index is 13.8. The van der Waals surface area contributed by atoms with E-state index in [0.29, 0.717) is 12.8 Å². The fourth-order valence-corrected chi connectivity index (χ4v) is 5.64. The molecule has 1 aliphatic heterocycles. The molecule has 0 bridgehead atoms.